The van der Waals surface area contributed by atoms with Gasteiger partial charge in [-0.1, -0.05) is 24.4 Å². The molecule has 60 valence electrons. The zero-order valence-corrected chi connectivity index (χ0v) is 7.45. The molecular weight excluding hydrogens is 156 g/mol. The van der Waals surface area contributed by atoms with Crippen LogP contribution in [0.4, 0.5) is 0 Å². The second-order valence-corrected chi connectivity index (χ2v) is 3.13. The number of thioether (sulfide) groups is 1. The van der Waals surface area contributed by atoms with Crippen LogP contribution in [0.3, 0.4) is 0 Å². The Morgan fingerprint density at radius 3 is 3.18 bits per heavy atom. The Morgan fingerprint density at radius 1 is 1.91 bits per heavy atom. The fourth-order valence-corrected chi connectivity index (χ4v) is 1.56. The number of aliphatic imine (C=N–C) groups is 1. The molecule has 0 fully saturated rings. The summed E-state index contributed by atoms with van der Waals surface area (Å²) in [5.41, 5.74) is 1.29. The summed E-state index contributed by atoms with van der Waals surface area (Å²) in [6.45, 7) is 5.56. The van der Waals surface area contributed by atoms with E-state index in [1.165, 1.54) is 5.57 Å². The van der Waals surface area contributed by atoms with Gasteiger partial charge in [-0.15, -0.1) is 0 Å². The van der Waals surface area contributed by atoms with Crippen LogP contribution in [0.25, 0.3) is 0 Å². The Morgan fingerprint density at radius 2 is 2.73 bits per heavy atom. The highest BCUT2D eigenvalue weighted by molar-refractivity contribution is 8.16. The SMILES string of the molecule is C=CSC(=NC)C1=CCNC1. The fraction of sp³-hybridized carbons (Fsp3) is 0.375. The van der Waals surface area contributed by atoms with E-state index in [1.54, 1.807) is 11.8 Å². The van der Waals surface area contributed by atoms with Gasteiger partial charge >= 0.3 is 0 Å². The van der Waals surface area contributed by atoms with Gasteiger partial charge in [-0.25, -0.2) is 0 Å². The molecule has 0 spiro atoms. The Labute approximate surface area is 71.5 Å². The third-order valence-electron chi connectivity index (χ3n) is 1.48. The van der Waals surface area contributed by atoms with Crippen molar-refractivity contribution < 1.29 is 0 Å². The van der Waals surface area contributed by atoms with E-state index in [2.05, 4.69) is 23.0 Å². The molecule has 1 aliphatic heterocycles. The average Bonchev–Trinajstić information content (AvgIpc) is 2.52. The largest absolute Gasteiger partial charge is 0.309 e. The maximum absolute atomic E-state index is 4.16. The molecule has 0 radical (unpaired) electrons. The van der Waals surface area contributed by atoms with Gasteiger partial charge in [0.05, 0.1) is 5.04 Å². The third kappa shape index (κ3) is 2.20. The van der Waals surface area contributed by atoms with Crippen LogP contribution < -0.4 is 5.32 Å². The van der Waals surface area contributed by atoms with Crippen LogP contribution in [0.5, 0.6) is 0 Å². The van der Waals surface area contributed by atoms with E-state index in [4.69, 9.17) is 0 Å². The molecule has 0 bridgehead atoms. The third-order valence-corrected chi connectivity index (χ3v) is 2.32. The summed E-state index contributed by atoms with van der Waals surface area (Å²) >= 11 is 1.58. The van der Waals surface area contributed by atoms with Crippen molar-refractivity contribution in [2.75, 3.05) is 20.1 Å². The quantitative estimate of drug-likeness (QED) is 0.498. The van der Waals surface area contributed by atoms with Gasteiger partial charge in [-0.05, 0) is 11.0 Å². The summed E-state index contributed by atoms with van der Waals surface area (Å²) in [7, 11) is 1.81. The smallest absolute Gasteiger partial charge is 0.0984 e. The van der Waals surface area contributed by atoms with Gasteiger partial charge in [-0.3, -0.25) is 4.99 Å². The van der Waals surface area contributed by atoms with Crippen molar-refractivity contribution in [3.05, 3.63) is 23.6 Å². The number of hydrogen-bond donors (Lipinski definition) is 1. The lowest BCUT2D eigenvalue weighted by atomic mass is 10.3. The highest BCUT2D eigenvalue weighted by atomic mass is 32.2. The van der Waals surface area contributed by atoms with Crippen molar-refractivity contribution in [3.8, 4) is 0 Å². The Hall–Kier alpha value is -0.540. The Balaban J connectivity index is 2.61. The highest BCUT2D eigenvalue weighted by Crippen LogP contribution is 2.14. The fourth-order valence-electron chi connectivity index (χ4n) is 0.988. The molecule has 1 rings (SSSR count). The first-order valence-electron chi connectivity index (χ1n) is 3.53. The first-order chi connectivity index (χ1) is 5.38. The summed E-state index contributed by atoms with van der Waals surface area (Å²) < 4.78 is 0. The molecule has 0 saturated carbocycles. The minimum atomic E-state index is 0.938. The molecule has 1 heterocycles. The Kier molecular flexibility index (Phi) is 3.39. The molecule has 0 aromatic heterocycles. The van der Waals surface area contributed by atoms with Gasteiger partial charge in [0, 0.05) is 20.1 Å². The zero-order chi connectivity index (χ0) is 8.10. The van der Waals surface area contributed by atoms with Gasteiger partial charge in [0.15, 0.2) is 0 Å². The van der Waals surface area contributed by atoms with Crippen molar-refractivity contribution in [3.63, 3.8) is 0 Å². The van der Waals surface area contributed by atoms with Crippen LogP contribution in [0.15, 0.2) is 28.6 Å². The van der Waals surface area contributed by atoms with Crippen LogP contribution in [0, 0.1) is 0 Å². The van der Waals surface area contributed by atoms with Crippen LogP contribution in [-0.2, 0) is 0 Å². The predicted molar refractivity (Wildman–Crippen MR) is 52.1 cm³/mol. The van der Waals surface area contributed by atoms with Gasteiger partial charge in [0.1, 0.15) is 0 Å². The van der Waals surface area contributed by atoms with E-state index < -0.39 is 0 Å². The number of rotatable bonds is 2. The van der Waals surface area contributed by atoms with Crippen molar-refractivity contribution in [1.82, 2.24) is 5.32 Å². The van der Waals surface area contributed by atoms with Gasteiger partial charge < -0.3 is 5.32 Å². The summed E-state index contributed by atoms with van der Waals surface area (Å²) in [5, 5.41) is 6.11. The minimum absolute atomic E-state index is 0.938. The summed E-state index contributed by atoms with van der Waals surface area (Å²) in [5.74, 6) is 0. The lowest BCUT2D eigenvalue weighted by molar-refractivity contribution is 0.886. The maximum atomic E-state index is 4.16. The molecule has 0 amide bonds. The molecule has 0 unspecified atom stereocenters. The van der Waals surface area contributed by atoms with E-state index in [-0.39, 0.29) is 0 Å². The normalized spacial score (nSPS) is 18.3. The van der Waals surface area contributed by atoms with E-state index >= 15 is 0 Å². The topological polar surface area (TPSA) is 24.4 Å². The van der Waals surface area contributed by atoms with E-state index in [0.717, 1.165) is 18.1 Å². The van der Waals surface area contributed by atoms with Gasteiger partial charge in [0.25, 0.3) is 0 Å². The first kappa shape index (κ1) is 8.56. The number of nitrogens with zero attached hydrogens (tertiary/aromatic N) is 1. The molecule has 1 N–H and O–H groups in total. The van der Waals surface area contributed by atoms with Gasteiger partial charge in [0.2, 0.25) is 0 Å². The van der Waals surface area contributed by atoms with Crippen molar-refractivity contribution >= 4 is 16.8 Å². The molecular formula is C8H12N2S. The van der Waals surface area contributed by atoms with Crippen molar-refractivity contribution in [2.24, 2.45) is 4.99 Å². The van der Waals surface area contributed by atoms with Crippen LogP contribution in [0.2, 0.25) is 0 Å². The monoisotopic (exact) mass is 168 g/mol. The predicted octanol–water partition coefficient (Wildman–Crippen LogP) is 1.42. The molecule has 3 heteroatoms. The summed E-state index contributed by atoms with van der Waals surface area (Å²) in [4.78, 5) is 4.16. The standard InChI is InChI=1S/C8H12N2S/c1-3-11-8(9-2)7-4-5-10-6-7/h3-4,10H,1,5-6H2,2H3. The lowest BCUT2D eigenvalue weighted by Crippen LogP contribution is -2.10. The molecule has 0 atom stereocenters. The lowest BCUT2D eigenvalue weighted by Gasteiger charge is -2.01. The van der Waals surface area contributed by atoms with Crippen LogP contribution in [-0.4, -0.2) is 25.2 Å². The van der Waals surface area contributed by atoms with Gasteiger partial charge in [-0.2, -0.15) is 0 Å². The number of hydrogen-bond acceptors (Lipinski definition) is 3. The first-order valence-corrected chi connectivity index (χ1v) is 4.41. The summed E-state index contributed by atoms with van der Waals surface area (Å²) in [6.07, 6.45) is 2.17. The zero-order valence-electron chi connectivity index (χ0n) is 6.63. The van der Waals surface area contributed by atoms with E-state index in [0.29, 0.717) is 0 Å². The molecule has 1 aliphatic rings. The van der Waals surface area contributed by atoms with Crippen molar-refractivity contribution in [2.45, 2.75) is 0 Å². The highest BCUT2D eigenvalue weighted by Gasteiger charge is 2.08. The second kappa shape index (κ2) is 4.36. The van der Waals surface area contributed by atoms with Crippen LogP contribution in [0.1, 0.15) is 0 Å². The molecule has 0 aromatic rings. The van der Waals surface area contributed by atoms with Crippen molar-refractivity contribution in [1.29, 1.82) is 0 Å². The van der Waals surface area contributed by atoms with E-state index in [1.807, 2.05) is 12.5 Å². The molecule has 0 aromatic carbocycles. The maximum Gasteiger partial charge on any atom is 0.0984 e. The molecule has 11 heavy (non-hydrogen) atoms. The van der Waals surface area contributed by atoms with E-state index in [9.17, 15) is 0 Å². The second-order valence-electron chi connectivity index (χ2n) is 2.17. The molecule has 2 nitrogen and oxygen atoms in total. The molecule has 0 saturated heterocycles. The number of nitrogens with one attached hydrogen (secondary N) is 1. The Bertz CT molecular complexity index is 206. The molecule has 0 aliphatic carbocycles. The van der Waals surface area contributed by atoms with Crippen LogP contribution >= 0.6 is 11.8 Å². The summed E-state index contributed by atoms with van der Waals surface area (Å²) in [6, 6.07) is 0. The average molecular weight is 168 g/mol. The minimum Gasteiger partial charge on any atom is -0.309 e.